The molecular formula is C18H24N2O3. The lowest BCUT2D eigenvalue weighted by Gasteiger charge is -2.20. The molecule has 0 aliphatic carbocycles. The van der Waals surface area contributed by atoms with E-state index in [9.17, 15) is 9.59 Å². The first-order chi connectivity index (χ1) is 11.1. The molecule has 0 radical (unpaired) electrons. The van der Waals surface area contributed by atoms with Gasteiger partial charge in [0.1, 0.15) is 6.54 Å². The lowest BCUT2D eigenvalue weighted by atomic mass is 10.1. The second kappa shape index (κ2) is 10.4. The Bertz CT molecular complexity index is 564. The van der Waals surface area contributed by atoms with Gasteiger partial charge in [-0.25, -0.2) is 0 Å². The van der Waals surface area contributed by atoms with E-state index in [1.165, 1.54) is 4.90 Å². The van der Waals surface area contributed by atoms with E-state index < -0.39 is 0 Å². The van der Waals surface area contributed by atoms with Crippen molar-refractivity contribution in [3.05, 3.63) is 29.8 Å². The molecule has 0 aliphatic heterocycles. The van der Waals surface area contributed by atoms with Crippen molar-refractivity contribution in [2.75, 3.05) is 18.1 Å². The van der Waals surface area contributed by atoms with Crippen molar-refractivity contribution in [2.24, 2.45) is 0 Å². The van der Waals surface area contributed by atoms with Crippen LogP contribution in [-0.2, 0) is 20.7 Å². The normalized spacial score (nSPS) is 9.96. The van der Waals surface area contributed by atoms with Gasteiger partial charge in [-0.2, -0.15) is 5.26 Å². The Balaban J connectivity index is 2.73. The van der Waals surface area contributed by atoms with Gasteiger partial charge in [0.05, 0.1) is 19.1 Å². The predicted molar refractivity (Wildman–Crippen MR) is 88.9 cm³/mol. The summed E-state index contributed by atoms with van der Waals surface area (Å²) in [5.74, 6) is -0.620. The molecule has 124 valence electrons. The van der Waals surface area contributed by atoms with Crippen molar-refractivity contribution in [3.8, 4) is 6.07 Å². The van der Waals surface area contributed by atoms with Crippen LogP contribution in [0.25, 0.3) is 0 Å². The van der Waals surface area contributed by atoms with Crippen molar-refractivity contribution in [3.63, 3.8) is 0 Å². The van der Waals surface area contributed by atoms with Crippen LogP contribution in [-0.4, -0.2) is 25.0 Å². The number of carbonyl (C=O) groups is 2. The van der Waals surface area contributed by atoms with Gasteiger partial charge in [0, 0.05) is 12.1 Å². The van der Waals surface area contributed by atoms with Crippen LogP contribution in [0.1, 0.15) is 45.1 Å². The van der Waals surface area contributed by atoms with Crippen molar-refractivity contribution < 1.29 is 14.3 Å². The van der Waals surface area contributed by atoms with Crippen molar-refractivity contribution in [2.45, 2.75) is 46.0 Å². The lowest BCUT2D eigenvalue weighted by Crippen LogP contribution is -2.31. The Morgan fingerprint density at radius 1 is 1.22 bits per heavy atom. The third-order valence-electron chi connectivity index (χ3n) is 3.30. The van der Waals surface area contributed by atoms with E-state index in [0.29, 0.717) is 12.3 Å². The van der Waals surface area contributed by atoms with Crippen LogP contribution in [0.4, 0.5) is 5.69 Å². The molecule has 0 fully saturated rings. The highest BCUT2D eigenvalue weighted by Gasteiger charge is 2.17. The summed E-state index contributed by atoms with van der Waals surface area (Å²) in [6.07, 6.45) is 2.77. The molecule has 5 nitrogen and oxygen atoms in total. The monoisotopic (exact) mass is 316 g/mol. The predicted octanol–water partition coefficient (Wildman–Crippen LogP) is 3.23. The highest BCUT2D eigenvalue weighted by Crippen LogP contribution is 2.18. The average molecular weight is 316 g/mol. The number of esters is 1. The number of aryl methyl sites for hydroxylation is 1. The Morgan fingerprint density at radius 3 is 2.65 bits per heavy atom. The molecule has 0 spiro atoms. The van der Waals surface area contributed by atoms with Gasteiger partial charge in [-0.3, -0.25) is 14.5 Å². The molecule has 0 bridgehead atoms. The summed E-state index contributed by atoms with van der Waals surface area (Å²) >= 11 is 0. The molecule has 1 aromatic carbocycles. The molecule has 0 N–H and O–H groups in total. The molecular weight excluding hydrogens is 292 g/mol. The second-order valence-corrected chi connectivity index (χ2v) is 5.28. The van der Waals surface area contributed by atoms with Crippen LogP contribution >= 0.6 is 0 Å². The fourth-order valence-electron chi connectivity index (χ4n) is 2.19. The molecule has 0 saturated carbocycles. The average Bonchev–Trinajstić information content (AvgIpc) is 2.56. The minimum atomic E-state index is -0.378. The number of hydrogen-bond acceptors (Lipinski definition) is 4. The smallest absolute Gasteiger partial charge is 0.306 e. The topological polar surface area (TPSA) is 70.4 Å². The van der Waals surface area contributed by atoms with Crippen molar-refractivity contribution in [1.82, 2.24) is 0 Å². The number of rotatable bonds is 9. The minimum Gasteiger partial charge on any atom is -0.466 e. The zero-order chi connectivity index (χ0) is 17.1. The maximum Gasteiger partial charge on any atom is 0.306 e. The van der Waals surface area contributed by atoms with E-state index in [1.54, 1.807) is 0 Å². The Morgan fingerprint density at radius 2 is 2.00 bits per heavy atom. The zero-order valence-corrected chi connectivity index (χ0v) is 13.9. The van der Waals surface area contributed by atoms with Crippen LogP contribution in [0.2, 0.25) is 0 Å². The summed E-state index contributed by atoms with van der Waals surface area (Å²) in [7, 11) is 0. The van der Waals surface area contributed by atoms with Crippen molar-refractivity contribution in [1.29, 1.82) is 5.26 Å². The van der Waals surface area contributed by atoms with E-state index in [4.69, 9.17) is 10.00 Å². The second-order valence-electron chi connectivity index (χ2n) is 5.28. The van der Waals surface area contributed by atoms with Crippen LogP contribution in [0.5, 0.6) is 0 Å². The SMILES string of the molecule is CCCOC(=O)CCC(=O)N(CC#N)c1cccc(CCC)c1. The number of nitriles is 1. The maximum absolute atomic E-state index is 12.3. The molecule has 0 saturated heterocycles. The molecule has 0 aromatic heterocycles. The molecule has 0 atom stereocenters. The number of ether oxygens (including phenoxy) is 1. The number of carbonyl (C=O) groups excluding carboxylic acids is 2. The Kier molecular flexibility index (Phi) is 8.45. The van der Waals surface area contributed by atoms with Gasteiger partial charge in [0.25, 0.3) is 0 Å². The first kappa shape index (κ1) is 18.7. The van der Waals surface area contributed by atoms with E-state index in [-0.39, 0.29) is 31.3 Å². The fourth-order valence-corrected chi connectivity index (χ4v) is 2.19. The molecule has 1 rings (SSSR count). The van der Waals surface area contributed by atoms with Crippen LogP contribution < -0.4 is 4.90 Å². The zero-order valence-electron chi connectivity index (χ0n) is 13.9. The standard InChI is InChI=1S/C18H24N2O3/c1-3-6-15-7-5-8-16(14-15)20(12-11-19)17(21)9-10-18(22)23-13-4-2/h5,7-8,14H,3-4,6,9-10,12-13H2,1-2H3. The molecule has 1 aromatic rings. The summed E-state index contributed by atoms with van der Waals surface area (Å²) in [6, 6.07) is 9.63. The van der Waals surface area contributed by atoms with Crippen LogP contribution in [0.3, 0.4) is 0 Å². The van der Waals surface area contributed by atoms with Crippen LogP contribution in [0.15, 0.2) is 24.3 Å². The number of nitrogens with zero attached hydrogens (tertiary/aromatic N) is 2. The van der Waals surface area contributed by atoms with Gasteiger partial charge in [-0.05, 0) is 30.5 Å². The van der Waals surface area contributed by atoms with Gasteiger partial charge in [-0.15, -0.1) is 0 Å². The largest absolute Gasteiger partial charge is 0.466 e. The Hall–Kier alpha value is -2.35. The van der Waals surface area contributed by atoms with Crippen LogP contribution in [0, 0.1) is 11.3 Å². The molecule has 0 unspecified atom stereocenters. The third kappa shape index (κ3) is 6.52. The quantitative estimate of drug-likeness (QED) is 0.518. The number of anilines is 1. The van der Waals surface area contributed by atoms with Gasteiger partial charge in [-0.1, -0.05) is 32.4 Å². The summed E-state index contributed by atoms with van der Waals surface area (Å²) < 4.78 is 4.96. The number of benzene rings is 1. The molecule has 0 heterocycles. The highest BCUT2D eigenvalue weighted by molar-refractivity contribution is 5.95. The third-order valence-corrected chi connectivity index (χ3v) is 3.30. The van der Waals surface area contributed by atoms with E-state index in [2.05, 4.69) is 6.92 Å². The van der Waals surface area contributed by atoms with E-state index in [0.717, 1.165) is 24.8 Å². The number of amides is 1. The fraction of sp³-hybridized carbons (Fsp3) is 0.500. The van der Waals surface area contributed by atoms with E-state index >= 15 is 0 Å². The molecule has 5 heteroatoms. The highest BCUT2D eigenvalue weighted by atomic mass is 16.5. The first-order valence-corrected chi connectivity index (χ1v) is 8.04. The lowest BCUT2D eigenvalue weighted by molar-refractivity contribution is -0.144. The van der Waals surface area contributed by atoms with Gasteiger partial charge in [0.15, 0.2) is 0 Å². The maximum atomic E-state index is 12.3. The first-order valence-electron chi connectivity index (χ1n) is 8.04. The van der Waals surface area contributed by atoms with Crippen molar-refractivity contribution >= 4 is 17.6 Å². The molecule has 23 heavy (non-hydrogen) atoms. The molecule has 1 amide bonds. The Labute approximate surface area is 137 Å². The van der Waals surface area contributed by atoms with Gasteiger partial charge in [0.2, 0.25) is 5.91 Å². The minimum absolute atomic E-state index is 0.0293. The van der Waals surface area contributed by atoms with E-state index in [1.807, 2.05) is 37.3 Å². The summed E-state index contributed by atoms with van der Waals surface area (Å²) in [5, 5.41) is 8.98. The number of hydrogen-bond donors (Lipinski definition) is 0. The molecule has 0 aliphatic rings. The van der Waals surface area contributed by atoms with Gasteiger partial charge >= 0.3 is 5.97 Å². The van der Waals surface area contributed by atoms with Gasteiger partial charge < -0.3 is 4.74 Å². The summed E-state index contributed by atoms with van der Waals surface area (Å²) in [4.78, 5) is 25.3. The summed E-state index contributed by atoms with van der Waals surface area (Å²) in [6.45, 7) is 4.34. The summed E-state index contributed by atoms with van der Waals surface area (Å²) in [5.41, 5.74) is 1.83.